The minimum absolute atomic E-state index is 0.517. The Balaban J connectivity index is 1.39. The van der Waals surface area contributed by atoms with Crippen molar-refractivity contribution in [2.45, 2.75) is 20.5 Å². The SMILES string of the molecule is Cc1ccc(OCc2ccc(-c3nc4c5cnn(C)c5ncn4n3)cc2)c(C)c1. The second kappa shape index (κ2) is 6.70. The minimum atomic E-state index is 0.517. The fourth-order valence-electron chi connectivity index (χ4n) is 3.43. The summed E-state index contributed by atoms with van der Waals surface area (Å²) in [5, 5.41) is 9.70. The highest BCUT2D eigenvalue weighted by Crippen LogP contribution is 2.23. The highest BCUT2D eigenvalue weighted by Gasteiger charge is 2.12. The van der Waals surface area contributed by atoms with Crippen molar-refractivity contribution in [3.63, 3.8) is 0 Å². The van der Waals surface area contributed by atoms with Gasteiger partial charge in [-0.3, -0.25) is 4.68 Å². The van der Waals surface area contributed by atoms with Crippen LogP contribution in [0.2, 0.25) is 0 Å². The van der Waals surface area contributed by atoms with Gasteiger partial charge in [-0.05, 0) is 31.0 Å². The lowest BCUT2D eigenvalue weighted by atomic mass is 10.1. The molecule has 0 radical (unpaired) electrons. The maximum Gasteiger partial charge on any atom is 0.182 e. The number of rotatable bonds is 4. The van der Waals surface area contributed by atoms with Gasteiger partial charge in [0.1, 0.15) is 18.7 Å². The van der Waals surface area contributed by atoms with Gasteiger partial charge in [0.15, 0.2) is 17.1 Å². The summed E-state index contributed by atoms with van der Waals surface area (Å²) in [7, 11) is 1.86. The summed E-state index contributed by atoms with van der Waals surface area (Å²) in [5.74, 6) is 1.57. The van der Waals surface area contributed by atoms with Crippen molar-refractivity contribution < 1.29 is 4.74 Å². The number of aryl methyl sites for hydroxylation is 3. The Morgan fingerprint density at radius 1 is 1.00 bits per heavy atom. The molecule has 0 aliphatic carbocycles. The quantitative estimate of drug-likeness (QED) is 0.470. The van der Waals surface area contributed by atoms with Crippen LogP contribution in [0.25, 0.3) is 28.1 Å². The van der Waals surface area contributed by atoms with E-state index in [2.05, 4.69) is 41.2 Å². The highest BCUT2D eigenvalue weighted by molar-refractivity contribution is 5.88. The van der Waals surface area contributed by atoms with Crippen LogP contribution in [-0.2, 0) is 13.7 Å². The molecule has 0 amide bonds. The van der Waals surface area contributed by atoms with E-state index in [1.165, 1.54) is 5.56 Å². The summed E-state index contributed by atoms with van der Waals surface area (Å²) in [6, 6.07) is 14.3. The van der Waals surface area contributed by atoms with E-state index in [1.807, 2.05) is 37.4 Å². The second-order valence-corrected chi connectivity index (χ2v) is 7.21. The fourth-order valence-corrected chi connectivity index (χ4v) is 3.43. The van der Waals surface area contributed by atoms with Gasteiger partial charge in [0.2, 0.25) is 0 Å². The maximum atomic E-state index is 5.97. The van der Waals surface area contributed by atoms with Crippen molar-refractivity contribution in [2.75, 3.05) is 0 Å². The van der Waals surface area contributed by atoms with Gasteiger partial charge < -0.3 is 4.74 Å². The molecule has 7 nitrogen and oxygen atoms in total. The molecule has 0 N–H and O–H groups in total. The third kappa shape index (κ3) is 3.10. The average molecular weight is 384 g/mol. The zero-order valence-corrected chi connectivity index (χ0v) is 16.5. The Bertz CT molecular complexity index is 1330. The van der Waals surface area contributed by atoms with E-state index in [0.29, 0.717) is 12.4 Å². The molecule has 0 aliphatic rings. The number of ether oxygens (including phenoxy) is 1. The number of benzene rings is 2. The van der Waals surface area contributed by atoms with Crippen LogP contribution in [0.15, 0.2) is 55.0 Å². The van der Waals surface area contributed by atoms with Gasteiger partial charge in [-0.2, -0.15) is 5.10 Å². The molecule has 2 aromatic carbocycles. The first-order chi connectivity index (χ1) is 14.1. The van der Waals surface area contributed by atoms with Crippen LogP contribution in [-0.4, -0.2) is 29.4 Å². The molecule has 7 heteroatoms. The molecule has 0 unspecified atom stereocenters. The first-order valence-corrected chi connectivity index (χ1v) is 9.41. The Hall–Kier alpha value is -3.74. The van der Waals surface area contributed by atoms with Crippen molar-refractivity contribution in [2.24, 2.45) is 7.05 Å². The molecule has 0 saturated carbocycles. The molecule has 0 aliphatic heterocycles. The Morgan fingerprint density at radius 3 is 2.62 bits per heavy atom. The van der Waals surface area contributed by atoms with E-state index < -0.39 is 0 Å². The maximum absolute atomic E-state index is 5.97. The van der Waals surface area contributed by atoms with Gasteiger partial charge in [0, 0.05) is 12.6 Å². The molecule has 0 spiro atoms. The monoisotopic (exact) mass is 384 g/mol. The first-order valence-electron chi connectivity index (χ1n) is 9.41. The van der Waals surface area contributed by atoms with Crippen LogP contribution < -0.4 is 4.74 Å². The van der Waals surface area contributed by atoms with Crippen molar-refractivity contribution >= 4 is 16.7 Å². The molecule has 0 bridgehead atoms. The Morgan fingerprint density at radius 2 is 1.83 bits per heavy atom. The van der Waals surface area contributed by atoms with Gasteiger partial charge in [0.05, 0.1) is 11.6 Å². The predicted octanol–water partition coefficient (Wildman–Crippen LogP) is 3.87. The Kier molecular flexibility index (Phi) is 4.01. The molecule has 0 fully saturated rings. The van der Waals surface area contributed by atoms with Gasteiger partial charge in [0.25, 0.3) is 0 Å². The number of hydrogen-bond donors (Lipinski definition) is 0. The van der Waals surface area contributed by atoms with Crippen molar-refractivity contribution in [1.82, 2.24) is 29.4 Å². The number of aromatic nitrogens is 6. The summed E-state index contributed by atoms with van der Waals surface area (Å²) < 4.78 is 9.39. The van der Waals surface area contributed by atoms with Gasteiger partial charge in [-0.15, -0.1) is 5.10 Å². The molecule has 144 valence electrons. The first kappa shape index (κ1) is 17.4. The topological polar surface area (TPSA) is 70.1 Å². The fraction of sp³-hybridized carbons (Fsp3) is 0.182. The molecule has 0 saturated heterocycles. The average Bonchev–Trinajstić information content (AvgIpc) is 3.31. The Labute approximate surface area is 167 Å². The third-order valence-electron chi connectivity index (χ3n) is 5.01. The second-order valence-electron chi connectivity index (χ2n) is 7.21. The lowest BCUT2D eigenvalue weighted by molar-refractivity contribution is 0.304. The van der Waals surface area contributed by atoms with Crippen LogP contribution in [0, 0.1) is 13.8 Å². The van der Waals surface area contributed by atoms with E-state index >= 15 is 0 Å². The molecule has 0 atom stereocenters. The van der Waals surface area contributed by atoms with E-state index in [4.69, 9.17) is 9.72 Å². The summed E-state index contributed by atoms with van der Waals surface area (Å²) in [5.41, 5.74) is 5.95. The summed E-state index contributed by atoms with van der Waals surface area (Å²) in [6.45, 7) is 4.66. The molecule has 3 heterocycles. The van der Waals surface area contributed by atoms with E-state index in [1.54, 1.807) is 21.7 Å². The minimum Gasteiger partial charge on any atom is -0.489 e. The number of nitrogens with zero attached hydrogens (tertiary/aromatic N) is 6. The standard InChI is InChI=1S/C22H20N6O/c1-14-4-9-19(15(2)10-14)29-12-16-5-7-17(8-6-16)20-25-22-18-11-24-27(3)21(18)23-13-28(22)26-20/h4-11,13H,12H2,1-3H3. The number of hydrogen-bond acceptors (Lipinski definition) is 5. The zero-order chi connectivity index (χ0) is 20.0. The van der Waals surface area contributed by atoms with Crippen LogP contribution in [0.1, 0.15) is 16.7 Å². The smallest absolute Gasteiger partial charge is 0.182 e. The van der Waals surface area contributed by atoms with Gasteiger partial charge >= 0.3 is 0 Å². The molecule has 5 aromatic rings. The van der Waals surface area contributed by atoms with Crippen molar-refractivity contribution in [3.8, 4) is 17.1 Å². The van der Waals surface area contributed by atoms with Crippen LogP contribution in [0.4, 0.5) is 0 Å². The molecular weight excluding hydrogens is 364 g/mol. The summed E-state index contributed by atoms with van der Waals surface area (Å²) in [6.07, 6.45) is 3.44. The largest absolute Gasteiger partial charge is 0.489 e. The van der Waals surface area contributed by atoms with E-state index in [9.17, 15) is 0 Å². The van der Waals surface area contributed by atoms with Crippen LogP contribution in [0.5, 0.6) is 5.75 Å². The highest BCUT2D eigenvalue weighted by atomic mass is 16.5. The molecule has 3 aromatic heterocycles. The molecular formula is C22H20N6O. The zero-order valence-electron chi connectivity index (χ0n) is 16.5. The van der Waals surface area contributed by atoms with E-state index in [-0.39, 0.29) is 0 Å². The molecule has 5 rings (SSSR count). The van der Waals surface area contributed by atoms with Gasteiger partial charge in [-0.25, -0.2) is 14.5 Å². The van der Waals surface area contributed by atoms with Gasteiger partial charge in [-0.1, -0.05) is 42.0 Å². The lowest BCUT2D eigenvalue weighted by Crippen LogP contribution is -1.97. The van der Waals surface area contributed by atoms with Crippen molar-refractivity contribution in [3.05, 3.63) is 71.7 Å². The summed E-state index contributed by atoms with van der Waals surface area (Å²) >= 11 is 0. The van der Waals surface area contributed by atoms with Crippen molar-refractivity contribution in [1.29, 1.82) is 0 Å². The van der Waals surface area contributed by atoms with Crippen LogP contribution in [0.3, 0.4) is 0 Å². The van der Waals surface area contributed by atoms with E-state index in [0.717, 1.165) is 39.1 Å². The lowest BCUT2D eigenvalue weighted by Gasteiger charge is -2.10. The normalized spacial score (nSPS) is 11.4. The molecule has 29 heavy (non-hydrogen) atoms. The summed E-state index contributed by atoms with van der Waals surface area (Å²) in [4.78, 5) is 9.09. The number of fused-ring (bicyclic) bond motifs is 3. The van der Waals surface area contributed by atoms with Crippen LogP contribution >= 0.6 is 0 Å². The predicted molar refractivity (Wildman–Crippen MR) is 111 cm³/mol. The third-order valence-corrected chi connectivity index (χ3v) is 5.01.